The molecule has 3 rings (SSSR count). The first-order valence-electron chi connectivity index (χ1n) is 8.01. The number of benzene rings is 2. The van der Waals surface area contributed by atoms with E-state index < -0.39 is 41.3 Å². The Kier molecular flexibility index (Phi) is 5.43. The molecule has 0 atom stereocenters. The first-order chi connectivity index (χ1) is 13.6. The Hall–Kier alpha value is -3.20. The molecule has 29 heavy (non-hydrogen) atoms. The summed E-state index contributed by atoms with van der Waals surface area (Å²) in [6.45, 7) is 0.801. The van der Waals surface area contributed by atoms with Crippen LogP contribution in [0.4, 0.5) is 13.2 Å². The minimum atomic E-state index is -5.04. The molecule has 0 radical (unpaired) electrons. The van der Waals surface area contributed by atoms with Crippen LogP contribution >= 0.6 is 11.6 Å². The summed E-state index contributed by atoms with van der Waals surface area (Å²) >= 11 is 5.89. The van der Waals surface area contributed by atoms with Crippen molar-refractivity contribution in [2.24, 2.45) is 0 Å². The summed E-state index contributed by atoms with van der Waals surface area (Å²) in [5.74, 6) is -4.34. The van der Waals surface area contributed by atoms with Crippen molar-refractivity contribution in [3.8, 4) is 17.2 Å². The normalized spacial score (nSPS) is 11.5. The molecule has 1 heterocycles. The van der Waals surface area contributed by atoms with Gasteiger partial charge >= 0.3 is 6.18 Å². The molecule has 0 bridgehead atoms. The number of carboxylic acid groups (broad SMARTS) is 1. The standard InChI is InChI=1S/C19H12ClF3O6/c1-9-6-11(3-5-13(9)20)28-17-16(26)12-4-2-10(27-8-15(24)25)7-14(12)29-18(17)19(21,22)23/h2-7H,8H2,1H3,(H,24,25)/p-1. The van der Waals surface area contributed by atoms with Crippen molar-refractivity contribution in [3.63, 3.8) is 0 Å². The Morgan fingerprint density at radius 2 is 1.86 bits per heavy atom. The SMILES string of the molecule is Cc1cc(Oc2c(C(F)(F)F)oc3cc(OCC(=O)[O-])ccc3c2=O)ccc1Cl. The summed E-state index contributed by atoms with van der Waals surface area (Å²) < 4.78 is 55.5. The number of rotatable bonds is 5. The Morgan fingerprint density at radius 1 is 1.17 bits per heavy atom. The molecule has 0 aliphatic rings. The van der Waals surface area contributed by atoms with Crippen LogP contribution < -0.4 is 20.0 Å². The zero-order valence-corrected chi connectivity index (χ0v) is 15.4. The molecular weight excluding hydrogens is 417 g/mol. The van der Waals surface area contributed by atoms with Gasteiger partial charge in [0.2, 0.25) is 11.2 Å². The van der Waals surface area contributed by atoms with Gasteiger partial charge in [0.15, 0.2) is 0 Å². The number of fused-ring (bicyclic) bond motifs is 1. The molecule has 0 fully saturated rings. The van der Waals surface area contributed by atoms with E-state index in [1.165, 1.54) is 24.3 Å². The lowest BCUT2D eigenvalue weighted by Crippen LogP contribution is -2.28. The third-order valence-electron chi connectivity index (χ3n) is 3.79. The van der Waals surface area contributed by atoms with E-state index in [1.807, 2.05) is 0 Å². The number of aliphatic carboxylic acids is 1. The van der Waals surface area contributed by atoms with Gasteiger partial charge in [-0.25, -0.2) is 0 Å². The smallest absolute Gasteiger partial charge is 0.453 e. The maximum absolute atomic E-state index is 13.5. The highest BCUT2D eigenvalue weighted by Crippen LogP contribution is 2.39. The lowest BCUT2D eigenvalue weighted by Gasteiger charge is -2.14. The number of carbonyl (C=O) groups excluding carboxylic acids is 1. The van der Waals surface area contributed by atoms with Crippen LogP contribution in [0.1, 0.15) is 11.3 Å². The molecule has 2 aromatic carbocycles. The number of carboxylic acids is 1. The van der Waals surface area contributed by atoms with E-state index in [0.717, 1.165) is 12.1 Å². The lowest BCUT2D eigenvalue weighted by molar-refractivity contribution is -0.307. The Bertz CT molecular complexity index is 1150. The number of hydrogen-bond acceptors (Lipinski definition) is 6. The van der Waals surface area contributed by atoms with Gasteiger partial charge in [-0.15, -0.1) is 0 Å². The van der Waals surface area contributed by atoms with Crippen LogP contribution in [0.3, 0.4) is 0 Å². The molecular formula is C19H11ClF3O6-. The quantitative estimate of drug-likeness (QED) is 0.617. The van der Waals surface area contributed by atoms with Crippen molar-refractivity contribution in [2.45, 2.75) is 13.1 Å². The van der Waals surface area contributed by atoms with Crippen molar-refractivity contribution in [1.82, 2.24) is 0 Å². The summed E-state index contributed by atoms with van der Waals surface area (Å²) in [5, 5.41) is 10.6. The van der Waals surface area contributed by atoms with Gasteiger partial charge in [0.25, 0.3) is 5.76 Å². The van der Waals surface area contributed by atoms with Gasteiger partial charge in [0.1, 0.15) is 23.7 Å². The third kappa shape index (κ3) is 4.45. The number of aryl methyl sites for hydroxylation is 1. The van der Waals surface area contributed by atoms with E-state index in [0.29, 0.717) is 10.6 Å². The molecule has 152 valence electrons. The molecule has 10 heteroatoms. The second-order valence-corrected chi connectivity index (χ2v) is 6.33. The highest BCUT2D eigenvalue weighted by Gasteiger charge is 2.40. The molecule has 0 aliphatic heterocycles. The van der Waals surface area contributed by atoms with Crippen molar-refractivity contribution < 1.29 is 37.0 Å². The van der Waals surface area contributed by atoms with Crippen LogP contribution in [0.2, 0.25) is 5.02 Å². The first kappa shape index (κ1) is 20.5. The summed E-state index contributed by atoms with van der Waals surface area (Å²) in [5.41, 5.74) is -0.965. The predicted molar refractivity (Wildman–Crippen MR) is 94.3 cm³/mol. The molecule has 0 unspecified atom stereocenters. The molecule has 3 aromatic rings. The minimum absolute atomic E-state index is 0.0297. The zero-order chi connectivity index (χ0) is 21.3. The van der Waals surface area contributed by atoms with Gasteiger partial charge in [0.05, 0.1) is 11.4 Å². The fourth-order valence-corrected chi connectivity index (χ4v) is 2.58. The van der Waals surface area contributed by atoms with E-state index in [9.17, 15) is 27.9 Å². The van der Waals surface area contributed by atoms with Crippen LogP contribution in [0.15, 0.2) is 45.6 Å². The molecule has 0 saturated carbocycles. The van der Waals surface area contributed by atoms with Crippen LogP contribution in [0.5, 0.6) is 17.2 Å². The van der Waals surface area contributed by atoms with Crippen LogP contribution in [-0.2, 0) is 11.0 Å². The van der Waals surface area contributed by atoms with E-state index in [2.05, 4.69) is 0 Å². The highest BCUT2D eigenvalue weighted by molar-refractivity contribution is 6.31. The van der Waals surface area contributed by atoms with Gasteiger partial charge in [-0.1, -0.05) is 11.6 Å². The fourth-order valence-electron chi connectivity index (χ4n) is 2.47. The second kappa shape index (κ2) is 7.67. The summed E-state index contributed by atoms with van der Waals surface area (Å²) in [6, 6.07) is 7.45. The fraction of sp³-hybridized carbons (Fsp3) is 0.158. The monoisotopic (exact) mass is 427 g/mol. The summed E-state index contributed by atoms with van der Waals surface area (Å²) in [4.78, 5) is 23.1. The van der Waals surface area contributed by atoms with Crippen molar-refractivity contribution in [1.29, 1.82) is 0 Å². The second-order valence-electron chi connectivity index (χ2n) is 5.92. The van der Waals surface area contributed by atoms with Crippen molar-refractivity contribution in [2.75, 3.05) is 6.61 Å². The van der Waals surface area contributed by atoms with E-state index in [4.69, 9.17) is 25.5 Å². The van der Waals surface area contributed by atoms with Crippen molar-refractivity contribution in [3.05, 3.63) is 63.0 Å². The average molecular weight is 428 g/mol. The predicted octanol–water partition coefficient (Wildman–Crippen LogP) is 3.69. The van der Waals surface area contributed by atoms with Crippen LogP contribution in [0.25, 0.3) is 11.0 Å². The topological polar surface area (TPSA) is 88.8 Å². The van der Waals surface area contributed by atoms with Crippen LogP contribution in [-0.4, -0.2) is 12.6 Å². The maximum atomic E-state index is 13.5. The molecule has 0 spiro atoms. The molecule has 6 nitrogen and oxygen atoms in total. The Balaban J connectivity index is 2.14. The van der Waals surface area contributed by atoms with Gasteiger partial charge < -0.3 is 23.8 Å². The number of carbonyl (C=O) groups is 1. The number of halogens is 4. The molecule has 0 saturated heterocycles. The largest absolute Gasteiger partial charge is 0.546 e. The number of alkyl halides is 3. The average Bonchev–Trinajstić information content (AvgIpc) is 2.64. The number of hydrogen-bond donors (Lipinski definition) is 0. The van der Waals surface area contributed by atoms with Gasteiger partial charge in [-0.05, 0) is 42.8 Å². The number of ether oxygens (including phenoxy) is 2. The van der Waals surface area contributed by atoms with E-state index in [-0.39, 0.29) is 16.9 Å². The summed E-state index contributed by atoms with van der Waals surface area (Å²) in [6.07, 6.45) is -5.04. The maximum Gasteiger partial charge on any atom is 0.453 e. The highest BCUT2D eigenvalue weighted by atomic mass is 35.5. The zero-order valence-electron chi connectivity index (χ0n) is 14.6. The van der Waals surface area contributed by atoms with E-state index in [1.54, 1.807) is 6.92 Å². The van der Waals surface area contributed by atoms with Crippen molar-refractivity contribution >= 4 is 28.5 Å². The van der Waals surface area contributed by atoms with Gasteiger partial charge in [-0.3, -0.25) is 4.79 Å². The van der Waals surface area contributed by atoms with Gasteiger partial charge in [-0.2, -0.15) is 13.2 Å². The Morgan fingerprint density at radius 3 is 2.48 bits per heavy atom. The molecule has 0 aliphatic carbocycles. The third-order valence-corrected chi connectivity index (χ3v) is 4.21. The van der Waals surface area contributed by atoms with E-state index >= 15 is 0 Å². The first-order valence-corrected chi connectivity index (χ1v) is 8.39. The summed E-state index contributed by atoms with van der Waals surface area (Å²) in [7, 11) is 0. The molecule has 0 N–H and O–H groups in total. The lowest BCUT2D eigenvalue weighted by atomic mass is 10.2. The van der Waals surface area contributed by atoms with Gasteiger partial charge in [0, 0.05) is 11.1 Å². The molecule has 0 amide bonds. The molecule has 1 aromatic heterocycles. The minimum Gasteiger partial charge on any atom is -0.546 e. The Labute approximate surface area is 166 Å². The van der Waals surface area contributed by atoms with Crippen LogP contribution in [0, 0.1) is 6.92 Å².